The van der Waals surface area contributed by atoms with Crippen molar-refractivity contribution in [2.24, 2.45) is 29.6 Å². The van der Waals surface area contributed by atoms with Gasteiger partial charge in [-0.2, -0.15) is 0 Å². The van der Waals surface area contributed by atoms with Gasteiger partial charge in [0.05, 0.1) is 0 Å². The second-order valence-electron chi connectivity index (χ2n) is 5.85. The van der Waals surface area contributed by atoms with Crippen molar-refractivity contribution in [3.05, 3.63) is 0 Å². The third-order valence-electron chi connectivity index (χ3n) is 4.31. The van der Waals surface area contributed by atoms with Gasteiger partial charge in [-0.1, -0.05) is 27.7 Å². The SMILES string of the molecule is CC(C)C1C[C@@H](C)CC(CCC=O)C1C. The van der Waals surface area contributed by atoms with Crippen LogP contribution in [0, 0.1) is 29.6 Å². The average molecular weight is 210 g/mol. The number of rotatable bonds is 4. The normalized spacial score (nSPS) is 36.9. The minimum Gasteiger partial charge on any atom is -0.303 e. The van der Waals surface area contributed by atoms with Crippen LogP contribution >= 0.6 is 0 Å². The molecule has 15 heavy (non-hydrogen) atoms. The van der Waals surface area contributed by atoms with Gasteiger partial charge < -0.3 is 4.79 Å². The third-order valence-corrected chi connectivity index (χ3v) is 4.31. The molecular weight excluding hydrogens is 184 g/mol. The quantitative estimate of drug-likeness (QED) is 0.643. The van der Waals surface area contributed by atoms with Crippen LogP contribution in [0.4, 0.5) is 0 Å². The fourth-order valence-corrected chi connectivity index (χ4v) is 3.40. The first kappa shape index (κ1) is 12.7. The van der Waals surface area contributed by atoms with Crippen LogP contribution in [0.5, 0.6) is 0 Å². The summed E-state index contributed by atoms with van der Waals surface area (Å²) in [4.78, 5) is 10.5. The molecule has 0 N–H and O–H groups in total. The van der Waals surface area contributed by atoms with Gasteiger partial charge in [-0.3, -0.25) is 0 Å². The molecule has 1 fully saturated rings. The molecule has 0 radical (unpaired) electrons. The van der Waals surface area contributed by atoms with Crippen molar-refractivity contribution < 1.29 is 4.79 Å². The summed E-state index contributed by atoms with van der Waals surface area (Å²) in [6, 6.07) is 0. The average Bonchev–Trinajstić information content (AvgIpc) is 2.18. The lowest BCUT2D eigenvalue weighted by molar-refractivity contribution is -0.108. The molecule has 1 heteroatoms. The van der Waals surface area contributed by atoms with E-state index in [2.05, 4.69) is 27.7 Å². The van der Waals surface area contributed by atoms with E-state index in [9.17, 15) is 4.79 Å². The van der Waals surface area contributed by atoms with Crippen LogP contribution in [0.2, 0.25) is 0 Å². The molecule has 1 saturated carbocycles. The van der Waals surface area contributed by atoms with Gasteiger partial charge in [-0.05, 0) is 48.9 Å². The molecule has 4 atom stereocenters. The number of hydrogen-bond acceptors (Lipinski definition) is 1. The molecule has 0 aromatic heterocycles. The van der Waals surface area contributed by atoms with Gasteiger partial charge in [-0.25, -0.2) is 0 Å². The molecule has 0 aliphatic heterocycles. The standard InChI is InChI=1S/C14H26O/c1-10(2)14-9-11(3)8-13(12(14)4)6-5-7-15/h7,10-14H,5-6,8-9H2,1-4H3/t11-,12?,13?,14?/m0/s1. The van der Waals surface area contributed by atoms with E-state index in [1.54, 1.807) is 0 Å². The summed E-state index contributed by atoms with van der Waals surface area (Å²) in [6.07, 6.45) is 5.66. The summed E-state index contributed by atoms with van der Waals surface area (Å²) in [6.45, 7) is 9.45. The van der Waals surface area contributed by atoms with Gasteiger partial charge in [0.2, 0.25) is 0 Å². The fraction of sp³-hybridized carbons (Fsp3) is 0.929. The Morgan fingerprint density at radius 2 is 1.93 bits per heavy atom. The molecule has 0 aromatic carbocycles. The molecule has 1 rings (SSSR count). The Morgan fingerprint density at radius 3 is 2.47 bits per heavy atom. The number of aldehydes is 1. The van der Waals surface area contributed by atoms with Crippen molar-refractivity contribution in [2.45, 2.75) is 53.4 Å². The zero-order chi connectivity index (χ0) is 11.4. The molecule has 0 spiro atoms. The highest BCUT2D eigenvalue weighted by Gasteiger charge is 2.34. The molecule has 1 aliphatic carbocycles. The Bertz CT molecular complexity index is 198. The molecule has 0 bridgehead atoms. The largest absolute Gasteiger partial charge is 0.303 e. The van der Waals surface area contributed by atoms with Gasteiger partial charge in [0.1, 0.15) is 6.29 Å². The Morgan fingerprint density at radius 1 is 1.27 bits per heavy atom. The predicted molar refractivity (Wildman–Crippen MR) is 64.7 cm³/mol. The smallest absolute Gasteiger partial charge is 0.120 e. The summed E-state index contributed by atoms with van der Waals surface area (Å²) in [7, 11) is 0. The van der Waals surface area contributed by atoms with Crippen LogP contribution in [0.25, 0.3) is 0 Å². The Kier molecular flexibility index (Phi) is 4.82. The van der Waals surface area contributed by atoms with Crippen molar-refractivity contribution >= 4 is 6.29 Å². The molecule has 1 nitrogen and oxygen atoms in total. The minimum atomic E-state index is 0.756. The Hall–Kier alpha value is -0.330. The van der Waals surface area contributed by atoms with E-state index in [4.69, 9.17) is 0 Å². The zero-order valence-corrected chi connectivity index (χ0v) is 10.7. The Balaban J connectivity index is 2.58. The molecule has 88 valence electrons. The molecule has 0 saturated heterocycles. The van der Waals surface area contributed by atoms with E-state index >= 15 is 0 Å². The van der Waals surface area contributed by atoms with Crippen molar-refractivity contribution in [3.8, 4) is 0 Å². The fourth-order valence-electron chi connectivity index (χ4n) is 3.40. The molecule has 0 heterocycles. The highest BCUT2D eigenvalue weighted by Crippen LogP contribution is 2.43. The van der Waals surface area contributed by atoms with Gasteiger partial charge >= 0.3 is 0 Å². The molecule has 0 amide bonds. The maximum atomic E-state index is 10.5. The lowest BCUT2D eigenvalue weighted by Crippen LogP contribution is -2.33. The van der Waals surface area contributed by atoms with E-state index < -0.39 is 0 Å². The first-order chi connectivity index (χ1) is 7.06. The van der Waals surface area contributed by atoms with E-state index in [-0.39, 0.29) is 0 Å². The van der Waals surface area contributed by atoms with Crippen LogP contribution < -0.4 is 0 Å². The monoisotopic (exact) mass is 210 g/mol. The number of carbonyl (C=O) groups is 1. The number of carbonyl (C=O) groups excluding carboxylic acids is 1. The Labute approximate surface area is 94.6 Å². The van der Waals surface area contributed by atoms with E-state index in [0.29, 0.717) is 0 Å². The molecule has 1 aliphatic rings. The summed E-state index contributed by atoms with van der Waals surface area (Å²) in [5, 5.41) is 0. The highest BCUT2D eigenvalue weighted by molar-refractivity contribution is 5.49. The van der Waals surface area contributed by atoms with Gasteiger partial charge in [0, 0.05) is 6.42 Å². The lowest BCUT2D eigenvalue weighted by atomic mass is 9.64. The van der Waals surface area contributed by atoms with Crippen molar-refractivity contribution in [1.82, 2.24) is 0 Å². The summed E-state index contributed by atoms with van der Waals surface area (Å²) in [5.41, 5.74) is 0. The van der Waals surface area contributed by atoms with Crippen molar-refractivity contribution in [3.63, 3.8) is 0 Å². The molecule has 0 aromatic rings. The van der Waals surface area contributed by atoms with Crippen molar-refractivity contribution in [1.29, 1.82) is 0 Å². The maximum absolute atomic E-state index is 10.5. The van der Waals surface area contributed by atoms with Crippen molar-refractivity contribution in [2.75, 3.05) is 0 Å². The van der Waals surface area contributed by atoms with Crippen LogP contribution in [-0.2, 0) is 4.79 Å². The predicted octanol–water partition coefficient (Wildman–Crippen LogP) is 3.92. The maximum Gasteiger partial charge on any atom is 0.120 e. The summed E-state index contributed by atoms with van der Waals surface area (Å²) in [5.74, 6) is 4.10. The van der Waals surface area contributed by atoms with Crippen LogP contribution in [0.15, 0.2) is 0 Å². The highest BCUT2D eigenvalue weighted by atomic mass is 16.1. The zero-order valence-electron chi connectivity index (χ0n) is 10.7. The summed E-state index contributed by atoms with van der Waals surface area (Å²) < 4.78 is 0. The van der Waals surface area contributed by atoms with Gasteiger partial charge in [0.25, 0.3) is 0 Å². The molecular formula is C14H26O. The minimum absolute atomic E-state index is 0.756. The summed E-state index contributed by atoms with van der Waals surface area (Å²) >= 11 is 0. The topological polar surface area (TPSA) is 17.1 Å². The first-order valence-electron chi connectivity index (χ1n) is 6.49. The second-order valence-corrected chi connectivity index (χ2v) is 5.85. The third kappa shape index (κ3) is 3.32. The first-order valence-corrected chi connectivity index (χ1v) is 6.49. The molecule has 3 unspecified atom stereocenters. The van der Waals surface area contributed by atoms with Crippen LogP contribution in [0.3, 0.4) is 0 Å². The second kappa shape index (κ2) is 5.67. The lowest BCUT2D eigenvalue weighted by Gasteiger charge is -2.41. The van der Waals surface area contributed by atoms with Crippen LogP contribution in [-0.4, -0.2) is 6.29 Å². The van der Waals surface area contributed by atoms with Gasteiger partial charge in [-0.15, -0.1) is 0 Å². The van der Waals surface area contributed by atoms with E-state index in [1.165, 1.54) is 12.8 Å². The van der Waals surface area contributed by atoms with E-state index in [0.717, 1.165) is 48.7 Å². The number of hydrogen-bond donors (Lipinski definition) is 0. The van der Waals surface area contributed by atoms with E-state index in [1.807, 2.05) is 0 Å². The van der Waals surface area contributed by atoms with Gasteiger partial charge in [0.15, 0.2) is 0 Å². The van der Waals surface area contributed by atoms with Crippen LogP contribution in [0.1, 0.15) is 53.4 Å².